The first-order chi connectivity index (χ1) is 7.22. The molecule has 1 aromatic rings. The van der Waals surface area contributed by atoms with Crippen molar-refractivity contribution in [1.82, 2.24) is 0 Å². The molecule has 16 heavy (non-hydrogen) atoms. The number of hydrogen-bond donors (Lipinski definition) is 1. The van der Waals surface area contributed by atoms with E-state index in [0.29, 0.717) is 5.56 Å². The Balaban J connectivity index is 2.82. The van der Waals surface area contributed by atoms with Crippen molar-refractivity contribution in [2.45, 2.75) is 38.5 Å². The van der Waals surface area contributed by atoms with E-state index < -0.39 is 18.2 Å². The van der Waals surface area contributed by atoms with Crippen molar-refractivity contribution < 1.29 is 18.3 Å². The van der Waals surface area contributed by atoms with Gasteiger partial charge in [0.05, 0.1) is 5.60 Å². The van der Waals surface area contributed by atoms with Gasteiger partial charge >= 0.3 is 6.18 Å². The summed E-state index contributed by atoms with van der Waals surface area (Å²) in [6.45, 7) is 3.19. The molecular weight excluding hydrogens is 217 g/mol. The lowest BCUT2D eigenvalue weighted by atomic mass is 9.88. The highest BCUT2D eigenvalue weighted by Gasteiger charge is 2.33. The largest absolute Gasteiger partial charge is 0.389 e. The van der Waals surface area contributed by atoms with Crippen LogP contribution in [-0.2, 0) is 5.60 Å². The van der Waals surface area contributed by atoms with Gasteiger partial charge in [0.1, 0.15) is 0 Å². The maximum absolute atomic E-state index is 12.1. The van der Waals surface area contributed by atoms with Gasteiger partial charge in [-0.05, 0) is 31.4 Å². The van der Waals surface area contributed by atoms with E-state index in [-0.39, 0.29) is 6.42 Å². The number of alkyl halides is 3. The van der Waals surface area contributed by atoms with Crippen LogP contribution in [0, 0.1) is 6.92 Å². The number of benzene rings is 1. The van der Waals surface area contributed by atoms with Crippen molar-refractivity contribution in [1.29, 1.82) is 0 Å². The Hall–Kier alpha value is -1.03. The highest BCUT2D eigenvalue weighted by molar-refractivity contribution is 5.30. The van der Waals surface area contributed by atoms with Gasteiger partial charge in [-0.1, -0.05) is 24.3 Å². The molecule has 1 unspecified atom stereocenters. The van der Waals surface area contributed by atoms with Crippen LogP contribution in [0.5, 0.6) is 0 Å². The molecule has 0 spiro atoms. The number of hydrogen-bond acceptors (Lipinski definition) is 1. The van der Waals surface area contributed by atoms with Crippen molar-refractivity contribution >= 4 is 0 Å². The Morgan fingerprint density at radius 3 is 2.19 bits per heavy atom. The van der Waals surface area contributed by atoms with E-state index >= 15 is 0 Å². The zero-order valence-corrected chi connectivity index (χ0v) is 9.30. The highest BCUT2D eigenvalue weighted by Crippen LogP contribution is 2.33. The van der Waals surface area contributed by atoms with E-state index in [0.717, 1.165) is 5.56 Å². The Bertz CT molecular complexity index is 356. The van der Waals surface area contributed by atoms with Gasteiger partial charge in [0, 0.05) is 6.42 Å². The third kappa shape index (κ3) is 3.52. The molecule has 0 aliphatic carbocycles. The quantitative estimate of drug-likeness (QED) is 0.845. The molecule has 0 bridgehead atoms. The van der Waals surface area contributed by atoms with Crippen LogP contribution in [0.25, 0.3) is 0 Å². The molecule has 0 aromatic heterocycles. The molecule has 0 amide bonds. The predicted molar refractivity (Wildman–Crippen MR) is 56.0 cm³/mol. The Kier molecular flexibility index (Phi) is 3.63. The summed E-state index contributed by atoms with van der Waals surface area (Å²) < 4.78 is 36.3. The minimum absolute atomic E-state index is 0.318. The fourth-order valence-electron chi connectivity index (χ4n) is 1.70. The van der Waals surface area contributed by atoms with Crippen molar-refractivity contribution in [2.24, 2.45) is 0 Å². The first-order valence-corrected chi connectivity index (χ1v) is 5.08. The van der Waals surface area contributed by atoms with Crippen LogP contribution in [0.3, 0.4) is 0 Å². The van der Waals surface area contributed by atoms with E-state index in [4.69, 9.17) is 0 Å². The SMILES string of the molecule is Cc1ccccc1C(C)(O)CCC(F)(F)F. The fourth-order valence-corrected chi connectivity index (χ4v) is 1.70. The van der Waals surface area contributed by atoms with Crippen molar-refractivity contribution in [3.8, 4) is 0 Å². The van der Waals surface area contributed by atoms with E-state index in [1.165, 1.54) is 6.92 Å². The van der Waals surface area contributed by atoms with Gasteiger partial charge in [-0.2, -0.15) is 13.2 Å². The van der Waals surface area contributed by atoms with Gasteiger partial charge in [-0.3, -0.25) is 0 Å². The van der Waals surface area contributed by atoms with Crippen LogP contribution in [0.15, 0.2) is 24.3 Å². The van der Waals surface area contributed by atoms with Crippen molar-refractivity contribution in [2.75, 3.05) is 0 Å². The normalized spacial score (nSPS) is 15.9. The number of halogens is 3. The molecule has 0 saturated heterocycles. The Morgan fingerprint density at radius 1 is 1.12 bits per heavy atom. The van der Waals surface area contributed by atoms with Crippen LogP contribution in [0.4, 0.5) is 13.2 Å². The molecule has 0 heterocycles. The molecule has 0 aliphatic heterocycles. The van der Waals surface area contributed by atoms with Crippen molar-refractivity contribution in [3.05, 3.63) is 35.4 Å². The maximum atomic E-state index is 12.1. The number of aryl methyl sites for hydroxylation is 1. The number of rotatable bonds is 3. The third-order valence-corrected chi connectivity index (χ3v) is 2.62. The second-order valence-electron chi connectivity index (χ2n) is 4.20. The topological polar surface area (TPSA) is 20.2 Å². The Morgan fingerprint density at radius 2 is 1.69 bits per heavy atom. The van der Waals surface area contributed by atoms with Crippen LogP contribution in [0.2, 0.25) is 0 Å². The van der Waals surface area contributed by atoms with Crippen LogP contribution >= 0.6 is 0 Å². The summed E-state index contributed by atoms with van der Waals surface area (Å²) in [7, 11) is 0. The molecule has 0 fully saturated rings. The van der Waals surface area contributed by atoms with Crippen LogP contribution < -0.4 is 0 Å². The van der Waals surface area contributed by atoms with Gasteiger partial charge in [0.15, 0.2) is 0 Å². The molecule has 1 nitrogen and oxygen atoms in total. The monoisotopic (exact) mass is 232 g/mol. The van der Waals surface area contributed by atoms with Crippen LogP contribution in [0.1, 0.15) is 30.9 Å². The average molecular weight is 232 g/mol. The summed E-state index contributed by atoms with van der Waals surface area (Å²) in [6, 6.07) is 6.94. The summed E-state index contributed by atoms with van der Waals surface area (Å²) in [4.78, 5) is 0. The molecule has 0 radical (unpaired) electrons. The summed E-state index contributed by atoms with van der Waals surface area (Å²) in [5, 5.41) is 10.0. The minimum Gasteiger partial charge on any atom is -0.385 e. The summed E-state index contributed by atoms with van der Waals surface area (Å²) in [5.41, 5.74) is -0.0742. The summed E-state index contributed by atoms with van der Waals surface area (Å²) in [5.74, 6) is 0. The molecule has 90 valence electrons. The van der Waals surface area contributed by atoms with Gasteiger partial charge in [0.25, 0.3) is 0 Å². The van der Waals surface area contributed by atoms with E-state index in [9.17, 15) is 18.3 Å². The molecule has 1 N–H and O–H groups in total. The van der Waals surface area contributed by atoms with Gasteiger partial charge in [0.2, 0.25) is 0 Å². The summed E-state index contributed by atoms with van der Waals surface area (Å²) in [6.07, 6.45) is -5.53. The Labute approximate surface area is 92.9 Å². The second kappa shape index (κ2) is 4.45. The van der Waals surface area contributed by atoms with Crippen LogP contribution in [-0.4, -0.2) is 11.3 Å². The lowest BCUT2D eigenvalue weighted by Crippen LogP contribution is -2.25. The second-order valence-corrected chi connectivity index (χ2v) is 4.20. The molecule has 0 aliphatic rings. The molecule has 4 heteroatoms. The zero-order chi connectivity index (χ0) is 12.4. The number of aliphatic hydroxyl groups is 1. The molecule has 0 saturated carbocycles. The lowest BCUT2D eigenvalue weighted by Gasteiger charge is -2.26. The third-order valence-electron chi connectivity index (χ3n) is 2.62. The first kappa shape index (κ1) is 13.0. The first-order valence-electron chi connectivity index (χ1n) is 5.08. The molecule has 1 aromatic carbocycles. The van der Waals surface area contributed by atoms with Crippen molar-refractivity contribution in [3.63, 3.8) is 0 Å². The smallest absolute Gasteiger partial charge is 0.385 e. The van der Waals surface area contributed by atoms with E-state index in [2.05, 4.69) is 0 Å². The standard InChI is InChI=1S/C12H15F3O/c1-9-5-3-4-6-10(9)11(2,16)7-8-12(13,14)15/h3-6,16H,7-8H2,1-2H3. The lowest BCUT2D eigenvalue weighted by molar-refractivity contribution is -0.146. The molecule has 1 atom stereocenters. The van der Waals surface area contributed by atoms with Gasteiger partial charge < -0.3 is 5.11 Å². The van der Waals surface area contributed by atoms with E-state index in [1.807, 2.05) is 0 Å². The summed E-state index contributed by atoms with van der Waals surface area (Å²) >= 11 is 0. The highest BCUT2D eigenvalue weighted by atomic mass is 19.4. The zero-order valence-electron chi connectivity index (χ0n) is 9.30. The minimum atomic E-state index is -4.23. The fraction of sp³-hybridized carbons (Fsp3) is 0.500. The van der Waals surface area contributed by atoms with Gasteiger partial charge in [-0.15, -0.1) is 0 Å². The maximum Gasteiger partial charge on any atom is 0.389 e. The molecular formula is C12H15F3O. The predicted octanol–water partition coefficient (Wildman–Crippen LogP) is 3.55. The van der Waals surface area contributed by atoms with E-state index in [1.54, 1.807) is 31.2 Å². The van der Waals surface area contributed by atoms with Gasteiger partial charge in [-0.25, -0.2) is 0 Å². The average Bonchev–Trinajstić information content (AvgIpc) is 2.14. The molecule has 1 rings (SSSR count).